The van der Waals surface area contributed by atoms with Crippen LogP contribution in [0.25, 0.3) is 16.5 Å². The van der Waals surface area contributed by atoms with Crippen molar-refractivity contribution in [3.63, 3.8) is 0 Å². The number of fused-ring (bicyclic) bond motifs is 1. The highest BCUT2D eigenvalue weighted by atomic mass is 19.1. The third-order valence-corrected chi connectivity index (χ3v) is 6.15. The van der Waals surface area contributed by atoms with Gasteiger partial charge in [-0.05, 0) is 59.7 Å². The van der Waals surface area contributed by atoms with Crippen LogP contribution in [0, 0.1) is 12.7 Å². The predicted octanol–water partition coefficient (Wildman–Crippen LogP) is 5.98. The van der Waals surface area contributed by atoms with Gasteiger partial charge in [0.2, 0.25) is 0 Å². The van der Waals surface area contributed by atoms with Gasteiger partial charge in [-0.1, -0.05) is 60.7 Å². The zero-order valence-corrected chi connectivity index (χ0v) is 18.5. The Morgan fingerprint density at radius 2 is 1.48 bits per heavy atom. The van der Waals surface area contributed by atoms with Gasteiger partial charge < -0.3 is 5.32 Å². The second kappa shape index (κ2) is 8.43. The van der Waals surface area contributed by atoms with E-state index in [0.29, 0.717) is 5.56 Å². The lowest BCUT2D eigenvalue weighted by Gasteiger charge is -2.20. The lowest BCUT2D eigenvalue weighted by Crippen LogP contribution is -2.24. The van der Waals surface area contributed by atoms with E-state index in [1.54, 1.807) is 16.8 Å². The van der Waals surface area contributed by atoms with Crippen LogP contribution in [0.15, 0.2) is 102 Å². The Bertz CT molecular complexity index is 1480. The molecule has 1 unspecified atom stereocenters. The van der Waals surface area contributed by atoms with Crippen molar-refractivity contribution in [1.29, 1.82) is 0 Å². The summed E-state index contributed by atoms with van der Waals surface area (Å²) in [5, 5.41) is 5.79. The third-order valence-electron chi connectivity index (χ3n) is 6.15. The first kappa shape index (κ1) is 20.8. The summed E-state index contributed by atoms with van der Waals surface area (Å²) in [6.07, 6.45) is 0. The highest BCUT2D eigenvalue weighted by molar-refractivity contribution is 5.85. The molecule has 0 aliphatic carbocycles. The molecule has 0 bridgehead atoms. The normalized spacial score (nSPS) is 12.1. The van der Waals surface area contributed by atoms with Crippen LogP contribution in [0.3, 0.4) is 0 Å². The Kier molecular flexibility index (Phi) is 5.31. The first-order chi connectivity index (χ1) is 16.0. The molecule has 5 aromatic rings. The summed E-state index contributed by atoms with van der Waals surface area (Å²) in [6.45, 7) is 1.94. The van der Waals surface area contributed by atoms with Crippen LogP contribution in [0.4, 0.5) is 10.1 Å². The topological polar surface area (TPSA) is 39.0 Å². The van der Waals surface area contributed by atoms with Crippen molar-refractivity contribution in [1.82, 2.24) is 9.36 Å². The molecule has 4 nitrogen and oxygen atoms in total. The zero-order chi connectivity index (χ0) is 22.9. The standard InChI is InChI=1S/C28H24FN3O/c1-19-26(28(33)32(31(19)2)25-10-4-3-5-11-25)27(21-12-15-23(29)16-13-21)30-24-17-14-20-8-6-7-9-22(20)18-24/h3-18,27,30H,1-2H3. The first-order valence-electron chi connectivity index (χ1n) is 10.9. The Labute approximate surface area is 191 Å². The molecule has 164 valence electrons. The van der Waals surface area contributed by atoms with E-state index in [-0.39, 0.29) is 11.4 Å². The Hall–Kier alpha value is -4.12. The summed E-state index contributed by atoms with van der Waals surface area (Å²) in [5.41, 5.74) is 3.85. The SMILES string of the molecule is Cc1c(C(Nc2ccc3ccccc3c2)c2ccc(F)cc2)c(=O)n(-c2ccccc2)n1C. The van der Waals surface area contributed by atoms with E-state index in [1.807, 2.05) is 67.2 Å². The Morgan fingerprint density at radius 3 is 2.21 bits per heavy atom. The summed E-state index contributed by atoms with van der Waals surface area (Å²) >= 11 is 0. The van der Waals surface area contributed by atoms with Crippen LogP contribution in [-0.4, -0.2) is 9.36 Å². The molecular weight excluding hydrogens is 413 g/mol. The van der Waals surface area contributed by atoms with Crippen molar-refractivity contribution < 1.29 is 4.39 Å². The Morgan fingerprint density at radius 1 is 0.818 bits per heavy atom. The van der Waals surface area contributed by atoms with E-state index in [1.165, 1.54) is 12.1 Å². The van der Waals surface area contributed by atoms with Crippen molar-refractivity contribution >= 4 is 16.5 Å². The number of hydrogen-bond donors (Lipinski definition) is 1. The van der Waals surface area contributed by atoms with Gasteiger partial charge in [0.15, 0.2) is 0 Å². The van der Waals surface area contributed by atoms with Crippen LogP contribution >= 0.6 is 0 Å². The van der Waals surface area contributed by atoms with Crippen molar-refractivity contribution in [2.75, 3.05) is 5.32 Å². The molecule has 1 atom stereocenters. The molecule has 5 heteroatoms. The maximum atomic E-state index is 13.7. The van der Waals surface area contributed by atoms with Crippen molar-refractivity contribution in [2.45, 2.75) is 13.0 Å². The van der Waals surface area contributed by atoms with Crippen LogP contribution in [0.1, 0.15) is 22.9 Å². The second-order valence-electron chi connectivity index (χ2n) is 8.17. The molecule has 4 aromatic carbocycles. The number of nitrogens with zero attached hydrogens (tertiary/aromatic N) is 2. The van der Waals surface area contributed by atoms with Gasteiger partial charge in [0.1, 0.15) is 5.82 Å². The number of halogens is 1. The minimum atomic E-state index is -0.449. The number of anilines is 1. The van der Waals surface area contributed by atoms with Gasteiger partial charge in [-0.3, -0.25) is 9.48 Å². The molecule has 1 N–H and O–H groups in total. The largest absolute Gasteiger partial charge is 0.374 e. The summed E-state index contributed by atoms with van der Waals surface area (Å²) in [6, 6.07) is 29.7. The lowest BCUT2D eigenvalue weighted by molar-refractivity contribution is 0.626. The molecule has 33 heavy (non-hydrogen) atoms. The van der Waals surface area contributed by atoms with Gasteiger partial charge in [-0.15, -0.1) is 0 Å². The van der Waals surface area contributed by atoms with E-state index in [2.05, 4.69) is 29.6 Å². The number of nitrogens with one attached hydrogen (secondary N) is 1. The molecule has 0 radical (unpaired) electrons. The minimum Gasteiger partial charge on any atom is -0.374 e. The number of aromatic nitrogens is 2. The van der Waals surface area contributed by atoms with Crippen LogP contribution in [-0.2, 0) is 7.05 Å². The highest BCUT2D eigenvalue weighted by Crippen LogP contribution is 2.29. The number of benzene rings is 4. The third kappa shape index (κ3) is 3.82. The molecule has 0 aliphatic heterocycles. The quantitative estimate of drug-likeness (QED) is 0.367. The van der Waals surface area contributed by atoms with Crippen molar-refractivity contribution in [3.05, 3.63) is 130 Å². The van der Waals surface area contributed by atoms with Crippen LogP contribution in [0.2, 0.25) is 0 Å². The number of para-hydroxylation sites is 1. The molecule has 0 fully saturated rings. The highest BCUT2D eigenvalue weighted by Gasteiger charge is 2.25. The van der Waals surface area contributed by atoms with Gasteiger partial charge in [0, 0.05) is 18.4 Å². The molecule has 0 amide bonds. The smallest absolute Gasteiger partial charge is 0.277 e. The van der Waals surface area contributed by atoms with Gasteiger partial charge in [0.25, 0.3) is 5.56 Å². The second-order valence-corrected chi connectivity index (χ2v) is 8.17. The number of hydrogen-bond acceptors (Lipinski definition) is 2. The molecular formula is C28H24FN3O. The first-order valence-corrected chi connectivity index (χ1v) is 10.9. The molecule has 0 spiro atoms. The Balaban J connectivity index is 1.66. The molecule has 1 aromatic heterocycles. The van der Waals surface area contributed by atoms with Crippen LogP contribution < -0.4 is 10.9 Å². The summed E-state index contributed by atoms with van der Waals surface area (Å²) < 4.78 is 17.2. The fourth-order valence-corrected chi connectivity index (χ4v) is 4.34. The maximum Gasteiger partial charge on any atom is 0.277 e. The van der Waals surface area contributed by atoms with Crippen molar-refractivity contribution in [3.8, 4) is 5.69 Å². The maximum absolute atomic E-state index is 13.7. The minimum absolute atomic E-state index is 0.108. The molecule has 0 aliphatic rings. The van der Waals surface area contributed by atoms with E-state index in [4.69, 9.17) is 0 Å². The molecule has 5 rings (SSSR count). The molecule has 0 saturated carbocycles. The van der Waals surface area contributed by atoms with E-state index in [9.17, 15) is 9.18 Å². The average Bonchev–Trinajstić information content (AvgIpc) is 3.06. The van der Waals surface area contributed by atoms with Crippen LogP contribution in [0.5, 0.6) is 0 Å². The summed E-state index contributed by atoms with van der Waals surface area (Å²) in [4.78, 5) is 13.7. The summed E-state index contributed by atoms with van der Waals surface area (Å²) in [5.74, 6) is -0.310. The van der Waals surface area contributed by atoms with Crippen molar-refractivity contribution in [2.24, 2.45) is 7.05 Å². The van der Waals surface area contributed by atoms with E-state index in [0.717, 1.165) is 33.4 Å². The predicted molar refractivity (Wildman–Crippen MR) is 132 cm³/mol. The molecule has 0 saturated heterocycles. The van der Waals surface area contributed by atoms with Gasteiger partial charge in [-0.2, -0.15) is 0 Å². The van der Waals surface area contributed by atoms with E-state index >= 15 is 0 Å². The monoisotopic (exact) mass is 437 g/mol. The fourth-order valence-electron chi connectivity index (χ4n) is 4.34. The molecule has 1 heterocycles. The van der Waals surface area contributed by atoms with Gasteiger partial charge >= 0.3 is 0 Å². The van der Waals surface area contributed by atoms with E-state index < -0.39 is 6.04 Å². The average molecular weight is 438 g/mol. The lowest BCUT2D eigenvalue weighted by atomic mass is 9.98. The zero-order valence-electron chi connectivity index (χ0n) is 18.5. The van der Waals surface area contributed by atoms with Gasteiger partial charge in [-0.25, -0.2) is 9.07 Å². The fraction of sp³-hybridized carbons (Fsp3) is 0.107. The summed E-state index contributed by atoms with van der Waals surface area (Å²) in [7, 11) is 1.88. The number of rotatable bonds is 5. The van der Waals surface area contributed by atoms with Gasteiger partial charge in [0.05, 0.1) is 17.3 Å².